The average molecular weight is 598 g/mol. The van der Waals surface area contributed by atoms with Crippen molar-refractivity contribution in [1.29, 1.82) is 0 Å². The standard InChI is InChI=1S/C29H39N7O7/c1-33(2)13-12-30-27(39)22-10-11-24(37)34(3)16-25(38)36-15-19(31-29(41)42)14-20(36)17-43-23-7-5-6-18-8-9-21(32-26(18)23)28(40)35(22)4/h5-9,19-20,22,31H,10-17H2,1-4H3,(H,30,39)(H,41,42)/t19-,20-,22-/m0/s1. The third kappa shape index (κ3) is 7.69. The number of para-hydroxylation sites is 1. The van der Waals surface area contributed by atoms with Crippen LogP contribution < -0.4 is 15.4 Å². The molecule has 0 radical (unpaired) electrons. The third-order valence-corrected chi connectivity index (χ3v) is 7.77. The van der Waals surface area contributed by atoms with Crippen molar-refractivity contribution in [2.45, 2.75) is 37.4 Å². The SMILES string of the molecule is CN(C)CCNC(=O)[C@@H]1CCC(=O)N(C)CC(=O)N2C[C@@H](NC(=O)O)C[C@H]2COc2cccc3ccc(nc23)C(=O)N1C. The molecule has 1 aromatic heterocycles. The second-order valence-corrected chi connectivity index (χ2v) is 11.2. The lowest BCUT2D eigenvalue weighted by Crippen LogP contribution is -2.49. The molecule has 0 aliphatic carbocycles. The van der Waals surface area contributed by atoms with Gasteiger partial charge in [0.1, 0.15) is 29.6 Å². The van der Waals surface area contributed by atoms with Gasteiger partial charge in [-0.2, -0.15) is 0 Å². The molecule has 232 valence electrons. The molecule has 14 nitrogen and oxygen atoms in total. The number of carboxylic acid groups (broad SMARTS) is 1. The molecule has 4 rings (SSSR count). The fraction of sp³-hybridized carbons (Fsp3) is 0.517. The van der Waals surface area contributed by atoms with Crippen LogP contribution in [0, 0.1) is 0 Å². The zero-order valence-electron chi connectivity index (χ0n) is 24.9. The Labute approximate surface area is 249 Å². The van der Waals surface area contributed by atoms with Gasteiger partial charge in [0.2, 0.25) is 17.7 Å². The van der Waals surface area contributed by atoms with Crippen LogP contribution in [0.1, 0.15) is 29.8 Å². The van der Waals surface area contributed by atoms with Crippen LogP contribution in [0.15, 0.2) is 30.3 Å². The van der Waals surface area contributed by atoms with Crippen LogP contribution in [0.5, 0.6) is 5.75 Å². The smallest absolute Gasteiger partial charge is 0.404 e. The molecule has 5 amide bonds. The summed E-state index contributed by atoms with van der Waals surface area (Å²) >= 11 is 0. The van der Waals surface area contributed by atoms with Gasteiger partial charge >= 0.3 is 6.09 Å². The first-order chi connectivity index (χ1) is 20.4. The van der Waals surface area contributed by atoms with Crippen molar-refractivity contribution < 1.29 is 33.8 Å². The van der Waals surface area contributed by atoms with E-state index in [1.54, 1.807) is 24.3 Å². The number of hydrogen-bond donors (Lipinski definition) is 3. The van der Waals surface area contributed by atoms with E-state index in [9.17, 15) is 29.1 Å². The lowest BCUT2D eigenvalue weighted by atomic mass is 10.1. The maximum Gasteiger partial charge on any atom is 0.404 e. The van der Waals surface area contributed by atoms with E-state index < -0.39 is 36.0 Å². The second kappa shape index (κ2) is 13.7. The summed E-state index contributed by atoms with van der Waals surface area (Å²) in [6.45, 7) is 0.899. The number of aromatic nitrogens is 1. The summed E-state index contributed by atoms with van der Waals surface area (Å²) in [5.74, 6) is -1.22. The average Bonchev–Trinajstić information content (AvgIpc) is 3.36. The number of fused-ring (bicyclic) bond motifs is 2. The van der Waals surface area contributed by atoms with E-state index in [-0.39, 0.29) is 50.0 Å². The van der Waals surface area contributed by atoms with Crippen molar-refractivity contribution in [3.63, 3.8) is 0 Å². The molecule has 2 bridgehead atoms. The highest BCUT2D eigenvalue weighted by atomic mass is 16.5. The molecule has 2 aliphatic heterocycles. The van der Waals surface area contributed by atoms with Gasteiger partial charge in [-0.1, -0.05) is 18.2 Å². The van der Waals surface area contributed by atoms with Gasteiger partial charge in [0, 0.05) is 45.5 Å². The number of amides is 5. The van der Waals surface area contributed by atoms with E-state index >= 15 is 0 Å². The Balaban J connectivity index is 1.68. The van der Waals surface area contributed by atoms with Crippen LogP contribution in [-0.2, 0) is 14.4 Å². The van der Waals surface area contributed by atoms with Crippen LogP contribution in [0.25, 0.3) is 10.9 Å². The minimum atomic E-state index is -1.19. The van der Waals surface area contributed by atoms with Crippen LogP contribution in [0.3, 0.4) is 0 Å². The van der Waals surface area contributed by atoms with Gasteiger partial charge in [0.05, 0.1) is 18.6 Å². The van der Waals surface area contributed by atoms with Crippen molar-refractivity contribution in [3.05, 3.63) is 36.0 Å². The highest BCUT2D eigenvalue weighted by Crippen LogP contribution is 2.27. The van der Waals surface area contributed by atoms with Gasteiger partial charge in [0.15, 0.2) is 0 Å². The lowest BCUT2D eigenvalue weighted by Gasteiger charge is -2.29. The van der Waals surface area contributed by atoms with E-state index in [0.717, 1.165) is 5.39 Å². The number of nitrogens with zero attached hydrogens (tertiary/aromatic N) is 5. The molecule has 1 fully saturated rings. The van der Waals surface area contributed by atoms with Gasteiger partial charge in [0.25, 0.3) is 5.91 Å². The maximum atomic E-state index is 13.6. The Morgan fingerprint density at radius 1 is 1.12 bits per heavy atom. The molecule has 2 aliphatic rings. The summed E-state index contributed by atoms with van der Waals surface area (Å²) in [6.07, 6.45) is -0.918. The molecular weight excluding hydrogens is 558 g/mol. The number of nitrogens with one attached hydrogen (secondary N) is 2. The fourth-order valence-electron chi connectivity index (χ4n) is 5.38. The molecule has 1 saturated heterocycles. The fourth-order valence-corrected chi connectivity index (χ4v) is 5.38. The first kappa shape index (κ1) is 31.5. The van der Waals surface area contributed by atoms with Gasteiger partial charge in [-0.25, -0.2) is 9.78 Å². The number of benzene rings is 1. The quantitative estimate of drug-likeness (QED) is 0.437. The molecule has 14 heteroatoms. The zero-order valence-corrected chi connectivity index (χ0v) is 24.9. The van der Waals surface area contributed by atoms with E-state index in [1.807, 2.05) is 25.1 Å². The Bertz CT molecular complexity index is 1380. The molecule has 0 unspecified atom stereocenters. The minimum absolute atomic E-state index is 0.0340. The molecular formula is C29H39N7O7. The van der Waals surface area contributed by atoms with Crippen LogP contribution >= 0.6 is 0 Å². The number of carbonyl (C=O) groups excluding carboxylic acids is 4. The number of ether oxygens (including phenoxy) is 1. The maximum absolute atomic E-state index is 13.6. The van der Waals surface area contributed by atoms with Crippen molar-refractivity contribution in [2.75, 3.05) is 61.0 Å². The Morgan fingerprint density at radius 2 is 1.88 bits per heavy atom. The normalized spacial score (nSPS) is 22.0. The summed E-state index contributed by atoms with van der Waals surface area (Å²) in [4.78, 5) is 75.3. The second-order valence-electron chi connectivity index (χ2n) is 11.2. The molecule has 0 saturated carbocycles. The minimum Gasteiger partial charge on any atom is -0.489 e. The summed E-state index contributed by atoms with van der Waals surface area (Å²) in [6, 6.07) is 6.72. The van der Waals surface area contributed by atoms with Crippen LogP contribution in [0.2, 0.25) is 0 Å². The summed E-state index contributed by atoms with van der Waals surface area (Å²) in [5.41, 5.74) is 0.539. The number of hydrogen-bond acceptors (Lipinski definition) is 8. The Hall–Kier alpha value is -4.46. The molecule has 3 N–H and O–H groups in total. The van der Waals surface area contributed by atoms with E-state index in [2.05, 4.69) is 15.6 Å². The van der Waals surface area contributed by atoms with Crippen molar-refractivity contribution in [2.24, 2.45) is 0 Å². The summed E-state index contributed by atoms with van der Waals surface area (Å²) in [5, 5.41) is 15.3. The molecule has 1 aromatic carbocycles. The summed E-state index contributed by atoms with van der Waals surface area (Å²) in [7, 11) is 6.76. The first-order valence-electron chi connectivity index (χ1n) is 14.2. The van der Waals surface area contributed by atoms with Gasteiger partial charge in [-0.15, -0.1) is 0 Å². The summed E-state index contributed by atoms with van der Waals surface area (Å²) < 4.78 is 6.14. The van der Waals surface area contributed by atoms with Gasteiger partial charge < -0.3 is 40.1 Å². The highest BCUT2D eigenvalue weighted by molar-refractivity contribution is 5.98. The molecule has 3 atom stereocenters. The van der Waals surface area contributed by atoms with Gasteiger partial charge in [-0.05, 0) is 39.1 Å². The topological polar surface area (TPSA) is 165 Å². The lowest BCUT2D eigenvalue weighted by molar-refractivity contribution is -0.140. The van der Waals surface area contributed by atoms with E-state index in [1.165, 1.54) is 28.8 Å². The number of likely N-dealkylation sites (N-methyl/N-ethyl adjacent to an activating group) is 3. The monoisotopic (exact) mass is 597 g/mol. The Kier molecular flexibility index (Phi) is 10.0. The molecule has 43 heavy (non-hydrogen) atoms. The predicted octanol–water partition coefficient (Wildman–Crippen LogP) is 0.221. The molecule has 3 heterocycles. The van der Waals surface area contributed by atoms with Gasteiger partial charge in [-0.3, -0.25) is 19.2 Å². The third-order valence-electron chi connectivity index (χ3n) is 7.77. The van der Waals surface area contributed by atoms with E-state index in [4.69, 9.17) is 4.74 Å². The van der Waals surface area contributed by atoms with Crippen LogP contribution in [-0.4, -0.2) is 139 Å². The molecule has 0 spiro atoms. The largest absolute Gasteiger partial charge is 0.489 e. The number of carbonyl (C=O) groups is 5. The number of pyridine rings is 1. The highest BCUT2D eigenvalue weighted by Gasteiger charge is 2.37. The van der Waals surface area contributed by atoms with Crippen molar-refractivity contribution >= 4 is 40.6 Å². The van der Waals surface area contributed by atoms with Crippen molar-refractivity contribution in [1.82, 2.24) is 35.2 Å². The van der Waals surface area contributed by atoms with Crippen molar-refractivity contribution in [3.8, 4) is 5.75 Å². The zero-order chi connectivity index (χ0) is 31.3. The predicted molar refractivity (Wildman–Crippen MR) is 157 cm³/mol. The van der Waals surface area contributed by atoms with Crippen LogP contribution in [0.4, 0.5) is 4.79 Å². The first-order valence-corrected chi connectivity index (χ1v) is 14.2. The number of rotatable bonds is 5. The molecule has 2 aromatic rings. The Morgan fingerprint density at radius 3 is 2.60 bits per heavy atom. The van der Waals surface area contributed by atoms with E-state index in [0.29, 0.717) is 30.8 Å².